The number of carboxylic acid groups (broad SMARTS) is 1. The smallest absolute Gasteiger partial charge is 0.421 e. The van der Waals surface area contributed by atoms with Gasteiger partial charge in [0, 0.05) is 0 Å². The first-order valence-electron chi connectivity index (χ1n) is 1.87. The third-order valence-corrected chi connectivity index (χ3v) is 0.517. The summed E-state index contributed by atoms with van der Waals surface area (Å²) in [5, 5.41) is 8.35. The van der Waals surface area contributed by atoms with E-state index in [1.807, 2.05) is 0 Å². The standard InChI is InChI=1S/C3H6N2O3/c4-5(1-2-6)3(7)8/h2H,1,4H2,(H,7,8). The number of hydrogen-bond donors (Lipinski definition) is 2. The number of amides is 1. The van der Waals surface area contributed by atoms with Crippen molar-refractivity contribution in [3.8, 4) is 0 Å². The van der Waals surface area contributed by atoms with Crippen LogP contribution in [-0.2, 0) is 4.79 Å². The quantitative estimate of drug-likeness (QED) is 0.212. The fourth-order valence-corrected chi connectivity index (χ4v) is 0.158. The number of hydrogen-bond acceptors (Lipinski definition) is 3. The number of carbonyl (C=O) groups excluding carboxylic acids is 1. The molecule has 0 spiro atoms. The Balaban J connectivity index is 3.46. The van der Waals surface area contributed by atoms with E-state index in [-0.39, 0.29) is 6.54 Å². The lowest BCUT2D eigenvalue weighted by atomic mass is 10.7. The fourth-order valence-electron chi connectivity index (χ4n) is 0.158. The van der Waals surface area contributed by atoms with Gasteiger partial charge in [0.1, 0.15) is 6.29 Å². The van der Waals surface area contributed by atoms with Crippen molar-refractivity contribution < 1.29 is 14.7 Å². The summed E-state index contributed by atoms with van der Waals surface area (Å²) in [6.45, 7) is -0.282. The van der Waals surface area contributed by atoms with Gasteiger partial charge in [-0.05, 0) is 0 Å². The number of carbonyl (C=O) groups is 2. The van der Waals surface area contributed by atoms with Crippen molar-refractivity contribution in [3.05, 3.63) is 0 Å². The molecule has 0 aromatic rings. The lowest BCUT2D eigenvalue weighted by Gasteiger charge is -2.05. The molecule has 0 saturated carbocycles. The van der Waals surface area contributed by atoms with Crippen LogP contribution < -0.4 is 5.84 Å². The van der Waals surface area contributed by atoms with Gasteiger partial charge in [0.2, 0.25) is 0 Å². The van der Waals surface area contributed by atoms with Gasteiger partial charge in [0.05, 0.1) is 6.54 Å². The Kier molecular flexibility index (Phi) is 2.57. The molecule has 0 saturated heterocycles. The van der Waals surface area contributed by atoms with E-state index in [9.17, 15) is 9.59 Å². The van der Waals surface area contributed by atoms with Crippen LogP contribution in [0.2, 0.25) is 0 Å². The van der Waals surface area contributed by atoms with Gasteiger partial charge < -0.3 is 9.90 Å². The topological polar surface area (TPSA) is 83.6 Å². The van der Waals surface area contributed by atoms with E-state index in [1.54, 1.807) is 0 Å². The zero-order chi connectivity index (χ0) is 6.57. The highest BCUT2D eigenvalue weighted by molar-refractivity contribution is 5.68. The summed E-state index contributed by atoms with van der Waals surface area (Å²) in [5.41, 5.74) is 0. The summed E-state index contributed by atoms with van der Waals surface area (Å²) in [6.07, 6.45) is -0.897. The molecule has 0 aliphatic carbocycles. The molecule has 5 heteroatoms. The van der Waals surface area contributed by atoms with Crippen LogP contribution in [0, 0.1) is 0 Å². The molecule has 8 heavy (non-hydrogen) atoms. The lowest BCUT2D eigenvalue weighted by Crippen LogP contribution is -2.37. The maximum Gasteiger partial charge on any atom is 0.421 e. The highest BCUT2D eigenvalue weighted by Gasteiger charge is 2.01. The molecule has 46 valence electrons. The van der Waals surface area contributed by atoms with Crippen molar-refractivity contribution in [2.45, 2.75) is 0 Å². The van der Waals surface area contributed by atoms with Crippen molar-refractivity contribution in [3.63, 3.8) is 0 Å². The van der Waals surface area contributed by atoms with Crippen molar-refractivity contribution >= 4 is 12.4 Å². The summed E-state index contributed by atoms with van der Waals surface area (Å²) in [6, 6.07) is 0. The molecule has 0 rings (SSSR count). The van der Waals surface area contributed by atoms with Gasteiger partial charge in [-0.1, -0.05) is 0 Å². The molecule has 0 radical (unpaired) electrons. The summed E-state index contributed by atoms with van der Waals surface area (Å²) >= 11 is 0. The van der Waals surface area contributed by atoms with Gasteiger partial charge in [0.25, 0.3) is 0 Å². The van der Waals surface area contributed by atoms with E-state index in [1.165, 1.54) is 0 Å². The number of nitrogens with two attached hydrogens (primary N) is 1. The molecule has 0 aliphatic rings. The lowest BCUT2D eigenvalue weighted by molar-refractivity contribution is -0.108. The molecule has 0 aromatic heterocycles. The summed E-state index contributed by atoms with van der Waals surface area (Å²) in [4.78, 5) is 19.3. The van der Waals surface area contributed by atoms with E-state index in [2.05, 4.69) is 0 Å². The number of aldehydes is 1. The van der Waals surface area contributed by atoms with Crippen LogP contribution in [-0.4, -0.2) is 29.0 Å². The van der Waals surface area contributed by atoms with Crippen LogP contribution >= 0.6 is 0 Å². The zero-order valence-corrected chi connectivity index (χ0v) is 4.07. The third kappa shape index (κ3) is 2.14. The predicted octanol–water partition coefficient (Wildman–Crippen LogP) is -0.961. The molecule has 5 nitrogen and oxygen atoms in total. The van der Waals surface area contributed by atoms with Crippen LogP contribution in [0.25, 0.3) is 0 Å². The van der Waals surface area contributed by atoms with Gasteiger partial charge in [-0.2, -0.15) is 0 Å². The molecule has 0 bridgehead atoms. The summed E-state index contributed by atoms with van der Waals surface area (Å²) < 4.78 is 0. The Morgan fingerprint density at radius 2 is 2.38 bits per heavy atom. The second kappa shape index (κ2) is 2.98. The minimum Gasteiger partial charge on any atom is -0.464 e. The molecule has 0 unspecified atom stereocenters. The average molecular weight is 118 g/mol. The molecule has 0 aliphatic heterocycles. The number of rotatable bonds is 2. The summed E-state index contributed by atoms with van der Waals surface area (Å²) in [7, 11) is 0. The van der Waals surface area contributed by atoms with Gasteiger partial charge in [-0.15, -0.1) is 0 Å². The minimum absolute atomic E-state index is 0.282. The van der Waals surface area contributed by atoms with Crippen molar-refractivity contribution in [1.29, 1.82) is 0 Å². The van der Waals surface area contributed by atoms with Crippen molar-refractivity contribution in [2.75, 3.05) is 6.54 Å². The first kappa shape index (κ1) is 6.90. The molecule has 0 atom stereocenters. The average Bonchev–Trinajstić information content (AvgIpc) is 1.67. The van der Waals surface area contributed by atoms with Gasteiger partial charge in [-0.25, -0.2) is 15.6 Å². The molecule has 0 fully saturated rings. The minimum atomic E-state index is -1.31. The van der Waals surface area contributed by atoms with Crippen LogP contribution in [0.15, 0.2) is 0 Å². The predicted molar refractivity (Wildman–Crippen MR) is 25.0 cm³/mol. The van der Waals surface area contributed by atoms with Crippen LogP contribution in [0.5, 0.6) is 0 Å². The maximum absolute atomic E-state index is 9.73. The van der Waals surface area contributed by atoms with E-state index in [0.29, 0.717) is 11.3 Å². The SMILES string of the molecule is NN(CC=O)C(=O)O. The van der Waals surface area contributed by atoms with Crippen molar-refractivity contribution in [2.24, 2.45) is 5.84 Å². The van der Waals surface area contributed by atoms with E-state index in [4.69, 9.17) is 10.9 Å². The third-order valence-electron chi connectivity index (χ3n) is 0.517. The normalized spacial score (nSPS) is 8.12. The second-order valence-corrected chi connectivity index (χ2v) is 1.10. The highest BCUT2D eigenvalue weighted by Crippen LogP contribution is 1.72. The Morgan fingerprint density at radius 3 is 2.50 bits per heavy atom. The number of nitrogens with zero attached hydrogens (tertiary/aromatic N) is 1. The Hall–Kier alpha value is -1.10. The monoisotopic (exact) mass is 118 g/mol. The molecule has 0 heterocycles. The van der Waals surface area contributed by atoms with Gasteiger partial charge in [-0.3, -0.25) is 0 Å². The molecular weight excluding hydrogens is 112 g/mol. The largest absolute Gasteiger partial charge is 0.464 e. The van der Waals surface area contributed by atoms with E-state index < -0.39 is 6.09 Å². The van der Waals surface area contributed by atoms with Crippen LogP contribution in [0.4, 0.5) is 4.79 Å². The fraction of sp³-hybridized carbons (Fsp3) is 0.333. The Bertz CT molecular complexity index is 103. The second-order valence-electron chi connectivity index (χ2n) is 1.10. The maximum atomic E-state index is 9.73. The molecule has 3 N–H and O–H groups in total. The first-order valence-corrected chi connectivity index (χ1v) is 1.87. The zero-order valence-electron chi connectivity index (χ0n) is 4.07. The van der Waals surface area contributed by atoms with Gasteiger partial charge in [0.15, 0.2) is 0 Å². The van der Waals surface area contributed by atoms with Crippen LogP contribution in [0.1, 0.15) is 0 Å². The van der Waals surface area contributed by atoms with E-state index in [0.717, 1.165) is 0 Å². The van der Waals surface area contributed by atoms with Crippen LogP contribution in [0.3, 0.4) is 0 Å². The molecule has 0 aromatic carbocycles. The number of hydrazine groups is 1. The first-order chi connectivity index (χ1) is 3.68. The highest BCUT2D eigenvalue weighted by atomic mass is 16.4. The Morgan fingerprint density at radius 1 is 1.88 bits per heavy atom. The Labute approximate surface area is 45.7 Å². The van der Waals surface area contributed by atoms with Gasteiger partial charge >= 0.3 is 6.09 Å². The molecule has 1 amide bonds. The summed E-state index contributed by atoms with van der Waals surface area (Å²) in [5.74, 6) is 4.73. The molecular formula is C3H6N2O3. The van der Waals surface area contributed by atoms with E-state index >= 15 is 0 Å². The van der Waals surface area contributed by atoms with Crippen molar-refractivity contribution in [1.82, 2.24) is 5.01 Å².